The first-order valence-corrected chi connectivity index (χ1v) is 9.55. The SMILES string of the molecule is Cc1cccc2c(=O)n(CCC(=O)Nc3cccc(-n4cc[nH]c4=S)c3)cnc12. The van der Waals surface area contributed by atoms with E-state index in [4.69, 9.17) is 12.2 Å². The van der Waals surface area contributed by atoms with Crippen LogP contribution in [0.2, 0.25) is 0 Å². The summed E-state index contributed by atoms with van der Waals surface area (Å²) in [5.41, 5.74) is 3.01. The van der Waals surface area contributed by atoms with Gasteiger partial charge in [0.15, 0.2) is 4.77 Å². The molecule has 0 unspecified atom stereocenters. The minimum atomic E-state index is -0.184. The maximum Gasteiger partial charge on any atom is 0.261 e. The van der Waals surface area contributed by atoms with E-state index in [2.05, 4.69) is 15.3 Å². The fourth-order valence-corrected chi connectivity index (χ4v) is 3.43. The number of benzene rings is 2. The number of H-pyrrole nitrogens is 1. The Morgan fingerprint density at radius 3 is 2.86 bits per heavy atom. The summed E-state index contributed by atoms with van der Waals surface area (Å²) in [5, 5.41) is 3.43. The van der Waals surface area contributed by atoms with Crippen LogP contribution in [0.1, 0.15) is 12.0 Å². The van der Waals surface area contributed by atoms with Gasteiger partial charge in [-0.15, -0.1) is 0 Å². The Kier molecular flexibility index (Phi) is 5.09. The number of fused-ring (bicyclic) bond motifs is 1. The second-order valence-corrected chi connectivity index (χ2v) is 7.08. The fourth-order valence-electron chi connectivity index (χ4n) is 3.20. The normalized spacial score (nSPS) is 10.9. The molecular weight excluding hydrogens is 386 g/mol. The van der Waals surface area contributed by atoms with Gasteiger partial charge in [-0.25, -0.2) is 4.98 Å². The molecule has 2 aromatic carbocycles. The smallest absolute Gasteiger partial charge is 0.261 e. The Morgan fingerprint density at radius 2 is 2.07 bits per heavy atom. The van der Waals surface area contributed by atoms with Gasteiger partial charge in [0.2, 0.25) is 5.91 Å². The maximum atomic E-state index is 12.6. The summed E-state index contributed by atoms with van der Waals surface area (Å²) in [6, 6.07) is 12.9. The van der Waals surface area contributed by atoms with E-state index in [-0.39, 0.29) is 24.4 Å². The molecule has 8 heteroatoms. The second-order valence-electron chi connectivity index (χ2n) is 6.70. The predicted octanol–water partition coefficient (Wildman–Crippen LogP) is 3.58. The van der Waals surface area contributed by atoms with Crippen molar-refractivity contribution in [2.75, 3.05) is 5.32 Å². The van der Waals surface area contributed by atoms with Crippen LogP contribution in [-0.4, -0.2) is 25.0 Å². The molecular formula is C21H19N5O2S. The standard InChI is InChI=1S/C21H19N5O2S/c1-14-4-2-7-17-19(14)23-13-25(20(17)28)10-8-18(27)24-15-5-3-6-16(12-15)26-11-9-22-21(26)29/h2-7,9,11-13H,8,10H2,1H3,(H,22,29)(H,24,27). The third-order valence-corrected chi connectivity index (χ3v) is 5.01. The van der Waals surface area contributed by atoms with Gasteiger partial charge in [-0.2, -0.15) is 0 Å². The number of carbonyl (C=O) groups excluding carboxylic acids is 1. The van der Waals surface area contributed by atoms with E-state index in [0.29, 0.717) is 21.4 Å². The molecule has 0 aliphatic heterocycles. The number of amides is 1. The molecule has 29 heavy (non-hydrogen) atoms. The minimum absolute atomic E-state index is 0.143. The van der Waals surface area contributed by atoms with Crippen molar-refractivity contribution in [1.29, 1.82) is 0 Å². The molecule has 2 N–H and O–H groups in total. The number of aromatic nitrogens is 4. The van der Waals surface area contributed by atoms with Gasteiger partial charge in [-0.05, 0) is 49.0 Å². The number of anilines is 1. The molecule has 0 atom stereocenters. The molecule has 1 amide bonds. The fraction of sp³-hybridized carbons (Fsp3) is 0.143. The highest BCUT2D eigenvalue weighted by Crippen LogP contribution is 2.16. The molecule has 0 aliphatic rings. The highest BCUT2D eigenvalue weighted by Gasteiger charge is 2.09. The third-order valence-electron chi connectivity index (χ3n) is 4.69. The van der Waals surface area contributed by atoms with Crippen molar-refractivity contribution in [3.8, 4) is 5.69 Å². The maximum absolute atomic E-state index is 12.6. The van der Waals surface area contributed by atoms with E-state index >= 15 is 0 Å². The number of para-hydroxylation sites is 1. The molecule has 0 bridgehead atoms. The zero-order valence-electron chi connectivity index (χ0n) is 15.8. The van der Waals surface area contributed by atoms with E-state index in [1.807, 2.05) is 54.1 Å². The number of carbonyl (C=O) groups is 1. The molecule has 0 radical (unpaired) electrons. The Bertz CT molecular complexity index is 1320. The lowest BCUT2D eigenvalue weighted by Gasteiger charge is -2.10. The molecule has 0 fully saturated rings. The topological polar surface area (TPSA) is 84.7 Å². The first kappa shape index (κ1) is 18.8. The molecule has 2 heterocycles. The van der Waals surface area contributed by atoms with Gasteiger partial charge in [-0.1, -0.05) is 18.2 Å². The summed E-state index contributed by atoms with van der Waals surface area (Å²) in [6.07, 6.45) is 5.24. The first-order chi connectivity index (χ1) is 14.0. The van der Waals surface area contributed by atoms with Crippen LogP contribution >= 0.6 is 12.2 Å². The largest absolute Gasteiger partial charge is 0.337 e. The van der Waals surface area contributed by atoms with Crippen molar-refractivity contribution in [1.82, 2.24) is 19.1 Å². The van der Waals surface area contributed by atoms with E-state index in [1.165, 1.54) is 10.9 Å². The molecule has 146 valence electrons. The quantitative estimate of drug-likeness (QED) is 0.497. The summed E-state index contributed by atoms with van der Waals surface area (Å²) in [4.78, 5) is 32.3. The zero-order chi connectivity index (χ0) is 20.4. The molecule has 7 nitrogen and oxygen atoms in total. The van der Waals surface area contributed by atoms with E-state index < -0.39 is 0 Å². The average Bonchev–Trinajstić information content (AvgIpc) is 3.14. The molecule has 2 aromatic heterocycles. The van der Waals surface area contributed by atoms with Crippen LogP contribution in [0.3, 0.4) is 0 Å². The molecule has 0 saturated carbocycles. The van der Waals surface area contributed by atoms with Gasteiger partial charge in [0.25, 0.3) is 5.56 Å². The lowest BCUT2D eigenvalue weighted by Crippen LogP contribution is -2.23. The molecule has 4 rings (SSSR count). The Balaban J connectivity index is 1.47. The lowest BCUT2D eigenvalue weighted by atomic mass is 10.1. The number of nitrogens with zero attached hydrogens (tertiary/aromatic N) is 3. The number of hydrogen-bond donors (Lipinski definition) is 2. The first-order valence-electron chi connectivity index (χ1n) is 9.14. The van der Waals surface area contributed by atoms with Gasteiger partial charge >= 0.3 is 0 Å². The molecule has 0 aliphatic carbocycles. The lowest BCUT2D eigenvalue weighted by molar-refractivity contribution is -0.116. The van der Waals surface area contributed by atoms with Crippen LogP contribution in [0.4, 0.5) is 5.69 Å². The summed E-state index contributed by atoms with van der Waals surface area (Å²) in [5.74, 6) is -0.184. The van der Waals surface area contributed by atoms with Crippen molar-refractivity contribution in [3.63, 3.8) is 0 Å². The number of aryl methyl sites for hydroxylation is 2. The number of aromatic amines is 1. The summed E-state index contributed by atoms with van der Waals surface area (Å²) in [7, 11) is 0. The number of rotatable bonds is 5. The zero-order valence-corrected chi connectivity index (χ0v) is 16.6. The highest BCUT2D eigenvalue weighted by molar-refractivity contribution is 7.71. The summed E-state index contributed by atoms with van der Waals surface area (Å²) < 4.78 is 3.86. The van der Waals surface area contributed by atoms with Crippen LogP contribution in [-0.2, 0) is 11.3 Å². The molecule has 4 aromatic rings. The van der Waals surface area contributed by atoms with Crippen LogP contribution in [0.5, 0.6) is 0 Å². The van der Waals surface area contributed by atoms with Crippen LogP contribution in [0, 0.1) is 11.7 Å². The van der Waals surface area contributed by atoms with E-state index in [9.17, 15) is 9.59 Å². The van der Waals surface area contributed by atoms with Gasteiger partial charge in [0, 0.05) is 36.7 Å². The van der Waals surface area contributed by atoms with Crippen LogP contribution < -0.4 is 10.9 Å². The summed E-state index contributed by atoms with van der Waals surface area (Å²) in [6.45, 7) is 2.17. The van der Waals surface area contributed by atoms with E-state index in [1.54, 1.807) is 12.3 Å². The van der Waals surface area contributed by atoms with Crippen molar-refractivity contribution in [2.24, 2.45) is 0 Å². The second kappa shape index (κ2) is 7.84. The third kappa shape index (κ3) is 3.88. The van der Waals surface area contributed by atoms with Crippen LogP contribution in [0.15, 0.2) is 66.0 Å². The Labute approximate surface area is 171 Å². The predicted molar refractivity (Wildman–Crippen MR) is 115 cm³/mol. The number of nitrogens with one attached hydrogen (secondary N) is 2. The van der Waals surface area contributed by atoms with Crippen molar-refractivity contribution in [3.05, 3.63) is 81.9 Å². The minimum Gasteiger partial charge on any atom is -0.337 e. The molecule has 0 saturated heterocycles. The highest BCUT2D eigenvalue weighted by atomic mass is 32.1. The Hall–Kier alpha value is -3.52. The van der Waals surface area contributed by atoms with Gasteiger partial charge in [0.1, 0.15) is 0 Å². The van der Waals surface area contributed by atoms with Gasteiger partial charge < -0.3 is 10.3 Å². The van der Waals surface area contributed by atoms with Crippen LogP contribution in [0.25, 0.3) is 16.6 Å². The Morgan fingerprint density at radius 1 is 1.24 bits per heavy atom. The van der Waals surface area contributed by atoms with Gasteiger partial charge in [-0.3, -0.25) is 18.7 Å². The number of imidazole rings is 1. The molecule has 0 spiro atoms. The van der Waals surface area contributed by atoms with Crippen molar-refractivity contribution >= 4 is 34.7 Å². The summed E-state index contributed by atoms with van der Waals surface area (Å²) >= 11 is 5.23. The van der Waals surface area contributed by atoms with Gasteiger partial charge in [0.05, 0.1) is 17.2 Å². The van der Waals surface area contributed by atoms with E-state index in [0.717, 1.165) is 11.3 Å². The average molecular weight is 405 g/mol. The number of hydrogen-bond acceptors (Lipinski definition) is 4. The van der Waals surface area contributed by atoms with Crippen molar-refractivity contribution < 1.29 is 4.79 Å². The monoisotopic (exact) mass is 405 g/mol. The van der Waals surface area contributed by atoms with Crippen molar-refractivity contribution in [2.45, 2.75) is 19.9 Å².